The van der Waals surface area contributed by atoms with E-state index in [1.165, 1.54) is 0 Å². The summed E-state index contributed by atoms with van der Waals surface area (Å²) < 4.78 is 25.2. The molecule has 2 atom stereocenters. The molecule has 0 amide bonds. The topological polar surface area (TPSA) is 15.3 Å². The molecule has 4 heteroatoms. The lowest BCUT2D eigenvalue weighted by atomic mass is 9.87. The molecule has 2 unspecified atom stereocenters. The molecule has 0 spiro atoms. The van der Waals surface area contributed by atoms with Crippen LogP contribution in [0, 0.1) is 5.92 Å². The maximum atomic E-state index is 12.6. The zero-order valence-corrected chi connectivity index (χ0v) is 8.76. The average Bonchev–Trinajstić information content (AvgIpc) is 2.26. The Bertz CT molecular complexity index is 212. The molecule has 2 rings (SSSR count). The summed E-state index contributed by atoms with van der Waals surface area (Å²) in [4.78, 5) is 2.25. The molecule has 1 saturated carbocycles. The summed E-state index contributed by atoms with van der Waals surface area (Å²) in [6, 6.07) is 0.449. The third-order valence-corrected chi connectivity index (χ3v) is 3.33. The van der Waals surface area contributed by atoms with Crippen LogP contribution in [0.25, 0.3) is 0 Å². The standard InChI is InChI=1S/C10H18F2N2/c1-7-5-14(2)6-9(7)13-8-3-10(11,12)4-8/h7-9,13H,3-6H2,1-2H3. The van der Waals surface area contributed by atoms with Crippen molar-refractivity contribution in [2.45, 2.75) is 37.8 Å². The van der Waals surface area contributed by atoms with E-state index in [1.54, 1.807) is 0 Å². The molecule has 14 heavy (non-hydrogen) atoms. The largest absolute Gasteiger partial charge is 0.309 e. The lowest BCUT2D eigenvalue weighted by Gasteiger charge is -2.38. The molecular formula is C10H18F2N2. The van der Waals surface area contributed by atoms with Crippen LogP contribution in [0.2, 0.25) is 0 Å². The van der Waals surface area contributed by atoms with E-state index >= 15 is 0 Å². The summed E-state index contributed by atoms with van der Waals surface area (Å²) in [7, 11) is 2.08. The SMILES string of the molecule is CC1CN(C)CC1NC1CC(F)(F)C1. The van der Waals surface area contributed by atoms with Crippen molar-refractivity contribution in [2.24, 2.45) is 5.92 Å². The Morgan fingerprint density at radius 2 is 1.93 bits per heavy atom. The molecule has 1 heterocycles. The summed E-state index contributed by atoms with van der Waals surface area (Å²) in [6.45, 7) is 4.24. The molecule has 82 valence electrons. The molecule has 2 nitrogen and oxygen atoms in total. The summed E-state index contributed by atoms with van der Waals surface area (Å²) in [5, 5.41) is 3.33. The minimum atomic E-state index is -2.40. The normalized spacial score (nSPS) is 38.6. The van der Waals surface area contributed by atoms with Crippen LogP contribution in [0.4, 0.5) is 8.78 Å². The molecule has 0 aromatic rings. The van der Waals surface area contributed by atoms with Gasteiger partial charge in [0.25, 0.3) is 5.92 Å². The molecule has 0 aromatic carbocycles. The lowest BCUT2D eigenvalue weighted by molar-refractivity contribution is -0.0951. The third kappa shape index (κ3) is 2.06. The monoisotopic (exact) mass is 204 g/mol. The Balaban J connectivity index is 1.77. The average molecular weight is 204 g/mol. The maximum absolute atomic E-state index is 12.6. The van der Waals surface area contributed by atoms with Gasteiger partial charge in [-0.3, -0.25) is 0 Å². The van der Waals surface area contributed by atoms with Crippen LogP contribution in [0.1, 0.15) is 19.8 Å². The molecule has 0 radical (unpaired) electrons. The number of hydrogen-bond donors (Lipinski definition) is 1. The highest BCUT2D eigenvalue weighted by atomic mass is 19.3. The van der Waals surface area contributed by atoms with Gasteiger partial charge in [-0.25, -0.2) is 8.78 Å². The van der Waals surface area contributed by atoms with Crippen LogP contribution in [-0.4, -0.2) is 43.0 Å². The fraction of sp³-hybridized carbons (Fsp3) is 1.00. The van der Waals surface area contributed by atoms with Crippen molar-refractivity contribution in [3.63, 3.8) is 0 Å². The van der Waals surface area contributed by atoms with Gasteiger partial charge in [0, 0.05) is 38.0 Å². The quantitative estimate of drug-likeness (QED) is 0.730. The van der Waals surface area contributed by atoms with Gasteiger partial charge in [0.2, 0.25) is 0 Å². The van der Waals surface area contributed by atoms with E-state index in [2.05, 4.69) is 24.2 Å². The van der Waals surface area contributed by atoms with Gasteiger partial charge in [-0.05, 0) is 13.0 Å². The van der Waals surface area contributed by atoms with Crippen molar-refractivity contribution in [1.29, 1.82) is 0 Å². The van der Waals surface area contributed by atoms with Gasteiger partial charge in [0.1, 0.15) is 0 Å². The Morgan fingerprint density at radius 3 is 2.36 bits per heavy atom. The first kappa shape index (κ1) is 10.3. The van der Waals surface area contributed by atoms with Gasteiger partial charge in [0.05, 0.1) is 0 Å². The second-order valence-electron chi connectivity index (χ2n) is 4.93. The zero-order chi connectivity index (χ0) is 10.3. The number of nitrogens with zero attached hydrogens (tertiary/aromatic N) is 1. The van der Waals surface area contributed by atoms with Crippen LogP contribution in [0.15, 0.2) is 0 Å². The van der Waals surface area contributed by atoms with Crippen LogP contribution in [0.5, 0.6) is 0 Å². The first-order chi connectivity index (χ1) is 6.46. The van der Waals surface area contributed by atoms with Gasteiger partial charge >= 0.3 is 0 Å². The van der Waals surface area contributed by atoms with Gasteiger partial charge in [-0.15, -0.1) is 0 Å². The molecule has 1 N–H and O–H groups in total. The van der Waals surface area contributed by atoms with Crippen molar-refractivity contribution < 1.29 is 8.78 Å². The lowest BCUT2D eigenvalue weighted by Crippen LogP contribution is -2.53. The molecule has 0 aromatic heterocycles. The van der Waals surface area contributed by atoms with E-state index in [1.807, 2.05) is 0 Å². The van der Waals surface area contributed by atoms with Crippen molar-refractivity contribution in [3.05, 3.63) is 0 Å². The van der Waals surface area contributed by atoms with E-state index in [0.29, 0.717) is 12.0 Å². The molecule has 0 bridgehead atoms. The molecule has 2 aliphatic rings. The first-order valence-corrected chi connectivity index (χ1v) is 5.29. The Morgan fingerprint density at radius 1 is 1.29 bits per heavy atom. The Hall–Kier alpha value is -0.220. The highest BCUT2D eigenvalue weighted by Gasteiger charge is 2.46. The summed E-state index contributed by atoms with van der Waals surface area (Å²) >= 11 is 0. The fourth-order valence-corrected chi connectivity index (χ4v) is 2.51. The van der Waals surface area contributed by atoms with Crippen LogP contribution >= 0.6 is 0 Å². The van der Waals surface area contributed by atoms with E-state index in [4.69, 9.17) is 0 Å². The van der Waals surface area contributed by atoms with Gasteiger partial charge < -0.3 is 10.2 Å². The van der Waals surface area contributed by atoms with Crippen LogP contribution in [0.3, 0.4) is 0 Å². The molecule has 1 saturated heterocycles. The number of halogens is 2. The maximum Gasteiger partial charge on any atom is 0.251 e. The highest BCUT2D eigenvalue weighted by molar-refractivity contribution is 4.96. The van der Waals surface area contributed by atoms with Crippen molar-refractivity contribution in [1.82, 2.24) is 10.2 Å². The summed E-state index contributed by atoms with van der Waals surface area (Å²) in [6.07, 6.45) is 0.0554. The predicted molar refractivity (Wildman–Crippen MR) is 51.6 cm³/mol. The first-order valence-electron chi connectivity index (χ1n) is 5.29. The van der Waals surface area contributed by atoms with Gasteiger partial charge in [0.15, 0.2) is 0 Å². The van der Waals surface area contributed by atoms with Crippen LogP contribution in [-0.2, 0) is 0 Å². The number of alkyl halides is 2. The Labute approximate surface area is 83.7 Å². The van der Waals surface area contributed by atoms with Crippen molar-refractivity contribution in [2.75, 3.05) is 20.1 Å². The summed E-state index contributed by atoms with van der Waals surface area (Å²) in [5.74, 6) is -1.82. The fourth-order valence-electron chi connectivity index (χ4n) is 2.51. The number of likely N-dealkylation sites (N-methyl/N-ethyl adjacent to an activating group) is 1. The van der Waals surface area contributed by atoms with E-state index in [9.17, 15) is 8.78 Å². The molecular weight excluding hydrogens is 186 g/mol. The molecule has 1 aliphatic carbocycles. The summed E-state index contributed by atoms with van der Waals surface area (Å²) in [5.41, 5.74) is 0. The minimum Gasteiger partial charge on any atom is -0.309 e. The number of rotatable bonds is 2. The second-order valence-corrected chi connectivity index (χ2v) is 4.93. The van der Waals surface area contributed by atoms with Crippen molar-refractivity contribution >= 4 is 0 Å². The number of hydrogen-bond acceptors (Lipinski definition) is 2. The van der Waals surface area contributed by atoms with E-state index in [-0.39, 0.29) is 18.9 Å². The van der Waals surface area contributed by atoms with Crippen LogP contribution < -0.4 is 5.32 Å². The minimum absolute atomic E-state index is 0.0277. The number of nitrogens with one attached hydrogen (secondary N) is 1. The van der Waals surface area contributed by atoms with E-state index < -0.39 is 5.92 Å². The molecule has 2 fully saturated rings. The van der Waals surface area contributed by atoms with Gasteiger partial charge in [-0.2, -0.15) is 0 Å². The Kier molecular flexibility index (Phi) is 2.52. The number of likely N-dealkylation sites (tertiary alicyclic amines) is 1. The van der Waals surface area contributed by atoms with Crippen molar-refractivity contribution in [3.8, 4) is 0 Å². The second kappa shape index (κ2) is 3.42. The smallest absolute Gasteiger partial charge is 0.251 e. The zero-order valence-electron chi connectivity index (χ0n) is 8.76. The predicted octanol–water partition coefficient (Wildman–Crippen LogP) is 1.32. The molecule has 1 aliphatic heterocycles. The third-order valence-electron chi connectivity index (χ3n) is 3.33. The highest BCUT2D eigenvalue weighted by Crippen LogP contribution is 2.38. The van der Waals surface area contributed by atoms with Gasteiger partial charge in [-0.1, -0.05) is 6.92 Å². The van der Waals surface area contributed by atoms with E-state index in [0.717, 1.165) is 13.1 Å².